The van der Waals surface area contributed by atoms with E-state index in [-0.39, 0.29) is 12.5 Å². The summed E-state index contributed by atoms with van der Waals surface area (Å²) in [6.07, 6.45) is 3.59. The highest BCUT2D eigenvalue weighted by Gasteiger charge is 2.29. The van der Waals surface area contributed by atoms with Gasteiger partial charge in [-0.15, -0.1) is 0 Å². The van der Waals surface area contributed by atoms with Crippen LogP contribution in [-0.2, 0) is 4.79 Å². The van der Waals surface area contributed by atoms with Crippen LogP contribution in [0.2, 0.25) is 0 Å². The molecular weight excluding hydrogens is 190 g/mol. The first-order valence-corrected chi connectivity index (χ1v) is 5.90. The summed E-state index contributed by atoms with van der Waals surface area (Å²) in [5.74, 6) is -0.674. The quantitative estimate of drug-likeness (QED) is 0.779. The molecule has 1 heterocycles. The summed E-state index contributed by atoms with van der Waals surface area (Å²) in [7, 11) is 0. The van der Waals surface area contributed by atoms with Crippen LogP contribution in [0, 0.1) is 5.41 Å². The summed E-state index contributed by atoms with van der Waals surface area (Å²) < 4.78 is 0. The van der Waals surface area contributed by atoms with Gasteiger partial charge in [0.2, 0.25) is 0 Å². The van der Waals surface area contributed by atoms with Gasteiger partial charge in [-0.3, -0.25) is 9.69 Å². The molecule has 1 fully saturated rings. The molecule has 0 aromatic carbocycles. The minimum Gasteiger partial charge on any atom is -0.481 e. The van der Waals surface area contributed by atoms with Gasteiger partial charge in [0.15, 0.2) is 0 Å². The molecule has 15 heavy (non-hydrogen) atoms. The van der Waals surface area contributed by atoms with Crippen molar-refractivity contribution in [3.63, 3.8) is 0 Å². The van der Waals surface area contributed by atoms with Crippen molar-refractivity contribution in [2.75, 3.05) is 13.1 Å². The van der Waals surface area contributed by atoms with Gasteiger partial charge < -0.3 is 5.11 Å². The Hall–Kier alpha value is -0.570. The summed E-state index contributed by atoms with van der Waals surface area (Å²) in [6, 6.07) is 0.235. The van der Waals surface area contributed by atoms with E-state index in [0.717, 1.165) is 19.5 Å². The average molecular weight is 213 g/mol. The molecule has 3 heteroatoms. The van der Waals surface area contributed by atoms with Crippen LogP contribution >= 0.6 is 0 Å². The van der Waals surface area contributed by atoms with Crippen LogP contribution in [0.5, 0.6) is 0 Å². The van der Waals surface area contributed by atoms with Crippen LogP contribution in [-0.4, -0.2) is 35.1 Å². The van der Waals surface area contributed by atoms with Gasteiger partial charge in [0.05, 0.1) is 6.42 Å². The summed E-state index contributed by atoms with van der Waals surface area (Å²) >= 11 is 0. The van der Waals surface area contributed by atoms with E-state index in [0.29, 0.717) is 5.41 Å². The van der Waals surface area contributed by atoms with E-state index in [4.69, 9.17) is 5.11 Å². The zero-order valence-electron chi connectivity index (χ0n) is 10.1. The van der Waals surface area contributed by atoms with Crippen LogP contribution in [0.4, 0.5) is 0 Å². The van der Waals surface area contributed by atoms with Crippen molar-refractivity contribution in [2.45, 2.75) is 52.5 Å². The van der Waals surface area contributed by atoms with E-state index in [1.54, 1.807) is 0 Å². The Kier molecular flexibility index (Phi) is 4.14. The van der Waals surface area contributed by atoms with Crippen molar-refractivity contribution < 1.29 is 9.90 Å². The predicted octanol–water partition coefficient (Wildman–Crippen LogP) is 2.36. The molecule has 0 aromatic heterocycles. The topological polar surface area (TPSA) is 40.5 Å². The smallest absolute Gasteiger partial charge is 0.304 e. The Bertz CT molecular complexity index is 216. The molecule has 0 radical (unpaired) electrons. The zero-order chi connectivity index (χ0) is 11.5. The second kappa shape index (κ2) is 4.97. The SMILES string of the molecule is CCC(CC(=O)O)N1CCC(C)(C)CC1. The number of carboxylic acid groups (broad SMARTS) is 1. The Balaban J connectivity index is 2.46. The van der Waals surface area contributed by atoms with Crippen molar-refractivity contribution in [1.82, 2.24) is 4.90 Å². The first kappa shape index (κ1) is 12.5. The summed E-state index contributed by atoms with van der Waals surface area (Å²) in [6.45, 7) is 8.77. The van der Waals surface area contributed by atoms with E-state index in [1.165, 1.54) is 12.8 Å². The highest BCUT2D eigenvalue weighted by Crippen LogP contribution is 2.31. The minimum atomic E-state index is -0.674. The monoisotopic (exact) mass is 213 g/mol. The predicted molar refractivity (Wildman–Crippen MR) is 60.9 cm³/mol. The normalized spacial score (nSPS) is 23.7. The van der Waals surface area contributed by atoms with Crippen molar-refractivity contribution in [3.05, 3.63) is 0 Å². The Morgan fingerprint density at radius 3 is 2.33 bits per heavy atom. The molecule has 88 valence electrons. The van der Waals surface area contributed by atoms with Gasteiger partial charge >= 0.3 is 5.97 Å². The average Bonchev–Trinajstić information content (AvgIpc) is 2.14. The number of carbonyl (C=O) groups is 1. The highest BCUT2D eigenvalue weighted by molar-refractivity contribution is 5.67. The van der Waals surface area contributed by atoms with Gasteiger partial charge in [0, 0.05) is 6.04 Å². The maximum Gasteiger partial charge on any atom is 0.304 e. The van der Waals surface area contributed by atoms with Crippen molar-refractivity contribution >= 4 is 5.97 Å². The van der Waals surface area contributed by atoms with Crippen LogP contribution in [0.25, 0.3) is 0 Å². The molecule has 1 unspecified atom stereocenters. The molecule has 3 nitrogen and oxygen atoms in total. The van der Waals surface area contributed by atoms with Crippen LogP contribution in [0.15, 0.2) is 0 Å². The third-order valence-electron chi connectivity index (χ3n) is 3.55. The molecule has 1 aliphatic rings. The van der Waals surface area contributed by atoms with E-state index < -0.39 is 5.97 Å². The molecule has 0 amide bonds. The van der Waals surface area contributed by atoms with Gasteiger partial charge in [-0.05, 0) is 37.8 Å². The molecule has 1 saturated heterocycles. The largest absolute Gasteiger partial charge is 0.481 e. The Morgan fingerprint density at radius 2 is 1.93 bits per heavy atom. The van der Waals surface area contributed by atoms with E-state index in [1.807, 2.05) is 0 Å². The van der Waals surface area contributed by atoms with Gasteiger partial charge in [0.1, 0.15) is 0 Å². The lowest BCUT2D eigenvalue weighted by molar-refractivity contribution is -0.138. The molecule has 1 atom stereocenters. The lowest BCUT2D eigenvalue weighted by atomic mass is 9.82. The van der Waals surface area contributed by atoms with E-state index in [2.05, 4.69) is 25.7 Å². The van der Waals surface area contributed by atoms with Crippen molar-refractivity contribution in [2.24, 2.45) is 5.41 Å². The second-order valence-corrected chi connectivity index (χ2v) is 5.36. The highest BCUT2D eigenvalue weighted by atomic mass is 16.4. The maximum atomic E-state index is 10.7. The molecule has 0 aromatic rings. The van der Waals surface area contributed by atoms with E-state index in [9.17, 15) is 4.79 Å². The fraction of sp³-hybridized carbons (Fsp3) is 0.917. The fourth-order valence-corrected chi connectivity index (χ4v) is 2.23. The van der Waals surface area contributed by atoms with Gasteiger partial charge in [0.25, 0.3) is 0 Å². The molecule has 1 rings (SSSR count). The summed E-state index contributed by atoms with van der Waals surface area (Å²) in [5, 5.41) is 8.82. The second-order valence-electron chi connectivity index (χ2n) is 5.36. The first-order valence-electron chi connectivity index (χ1n) is 5.90. The van der Waals surface area contributed by atoms with Crippen LogP contribution in [0.3, 0.4) is 0 Å². The number of nitrogens with zero attached hydrogens (tertiary/aromatic N) is 1. The number of hydrogen-bond acceptors (Lipinski definition) is 2. The lowest BCUT2D eigenvalue weighted by Gasteiger charge is -2.40. The van der Waals surface area contributed by atoms with Gasteiger partial charge in [-0.2, -0.15) is 0 Å². The fourth-order valence-electron chi connectivity index (χ4n) is 2.23. The number of likely N-dealkylation sites (tertiary alicyclic amines) is 1. The van der Waals surface area contributed by atoms with Crippen LogP contribution in [0.1, 0.15) is 46.5 Å². The Morgan fingerprint density at radius 1 is 1.40 bits per heavy atom. The Labute approximate surface area is 92.5 Å². The third kappa shape index (κ3) is 3.82. The minimum absolute atomic E-state index is 0.235. The number of aliphatic carboxylic acids is 1. The molecule has 1 N–H and O–H groups in total. The standard InChI is InChI=1S/C12H23NO2/c1-4-10(9-11(14)15)13-7-5-12(2,3)6-8-13/h10H,4-9H2,1-3H3,(H,14,15). The molecule has 0 bridgehead atoms. The third-order valence-corrected chi connectivity index (χ3v) is 3.55. The number of carboxylic acids is 1. The molecule has 0 aliphatic carbocycles. The number of piperidine rings is 1. The maximum absolute atomic E-state index is 10.7. The van der Waals surface area contributed by atoms with E-state index >= 15 is 0 Å². The molecular formula is C12H23NO2. The van der Waals surface area contributed by atoms with Crippen molar-refractivity contribution in [1.29, 1.82) is 0 Å². The molecule has 0 saturated carbocycles. The van der Waals surface area contributed by atoms with Crippen molar-refractivity contribution in [3.8, 4) is 0 Å². The lowest BCUT2D eigenvalue weighted by Crippen LogP contribution is -2.44. The number of rotatable bonds is 4. The summed E-state index contributed by atoms with van der Waals surface area (Å²) in [5.41, 5.74) is 0.442. The van der Waals surface area contributed by atoms with Gasteiger partial charge in [-0.25, -0.2) is 0 Å². The van der Waals surface area contributed by atoms with Crippen LogP contribution < -0.4 is 0 Å². The summed E-state index contributed by atoms with van der Waals surface area (Å²) in [4.78, 5) is 13.1. The first-order chi connectivity index (χ1) is 6.94. The molecule has 0 spiro atoms. The number of hydrogen-bond donors (Lipinski definition) is 1. The molecule has 1 aliphatic heterocycles. The zero-order valence-corrected chi connectivity index (χ0v) is 10.1. The van der Waals surface area contributed by atoms with Gasteiger partial charge in [-0.1, -0.05) is 20.8 Å².